The van der Waals surface area contributed by atoms with E-state index in [1.807, 2.05) is 0 Å². The summed E-state index contributed by atoms with van der Waals surface area (Å²) in [6.45, 7) is 0.146. The van der Waals surface area contributed by atoms with Crippen LogP contribution < -0.4 is 0 Å². The molecule has 1 rings (SSSR count). The van der Waals surface area contributed by atoms with Gasteiger partial charge in [-0.25, -0.2) is 4.79 Å². The maximum Gasteiger partial charge on any atom is 0.341 e. The van der Waals surface area contributed by atoms with Crippen LogP contribution in [0, 0.1) is 0 Å². The van der Waals surface area contributed by atoms with Crippen molar-refractivity contribution in [3.05, 3.63) is 33.8 Å². The summed E-state index contributed by atoms with van der Waals surface area (Å²) >= 11 is 11.7. The van der Waals surface area contributed by atoms with Crippen molar-refractivity contribution in [1.82, 2.24) is 0 Å². The van der Waals surface area contributed by atoms with Crippen molar-refractivity contribution in [2.24, 2.45) is 0 Å². The SMILES string of the molecule is O=C(O)CCCCOC(=O)c1c(Cl)cccc1Cl. The summed E-state index contributed by atoms with van der Waals surface area (Å²) in [4.78, 5) is 21.9. The Labute approximate surface area is 114 Å². The average Bonchev–Trinajstić information content (AvgIpc) is 2.27. The number of carbonyl (C=O) groups excluding carboxylic acids is 1. The lowest BCUT2D eigenvalue weighted by atomic mass is 10.2. The van der Waals surface area contributed by atoms with Gasteiger partial charge in [-0.15, -0.1) is 0 Å². The second kappa shape index (κ2) is 7.24. The van der Waals surface area contributed by atoms with E-state index in [1.165, 1.54) is 0 Å². The van der Waals surface area contributed by atoms with Crippen molar-refractivity contribution < 1.29 is 19.4 Å². The van der Waals surface area contributed by atoms with Crippen LogP contribution in [-0.4, -0.2) is 23.7 Å². The number of carbonyl (C=O) groups is 2. The van der Waals surface area contributed by atoms with Gasteiger partial charge in [-0.1, -0.05) is 29.3 Å². The van der Waals surface area contributed by atoms with Gasteiger partial charge >= 0.3 is 11.9 Å². The fraction of sp³-hybridized carbons (Fsp3) is 0.333. The van der Waals surface area contributed by atoms with Crippen molar-refractivity contribution >= 4 is 35.1 Å². The number of hydrogen-bond donors (Lipinski definition) is 1. The highest BCUT2D eigenvalue weighted by Crippen LogP contribution is 2.24. The van der Waals surface area contributed by atoms with E-state index < -0.39 is 11.9 Å². The molecule has 6 heteroatoms. The van der Waals surface area contributed by atoms with Gasteiger partial charge in [0.05, 0.1) is 22.2 Å². The number of carboxylic acids is 1. The Morgan fingerprint density at radius 1 is 1.17 bits per heavy atom. The van der Waals surface area contributed by atoms with Crippen molar-refractivity contribution in [3.8, 4) is 0 Å². The Balaban J connectivity index is 2.44. The zero-order valence-corrected chi connectivity index (χ0v) is 11.0. The number of hydrogen-bond acceptors (Lipinski definition) is 3. The molecule has 0 fully saturated rings. The molecule has 1 aromatic rings. The summed E-state index contributed by atoms with van der Waals surface area (Å²) in [5.41, 5.74) is 0.138. The summed E-state index contributed by atoms with van der Waals surface area (Å²) in [6, 6.07) is 4.73. The summed E-state index contributed by atoms with van der Waals surface area (Å²) in [5.74, 6) is -1.46. The predicted molar refractivity (Wildman–Crippen MR) is 68.2 cm³/mol. The number of rotatable bonds is 6. The second-order valence-corrected chi connectivity index (χ2v) is 4.40. The quantitative estimate of drug-likeness (QED) is 0.644. The van der Waals surface area contributed by atoms with E-state index in [1.54, 1.807) is 18.2 Å². The van der Waals surface area contributed by atoms with Gasteiger partial charge in [0.25, 0.3) is 0 Å². The van der Waals surface area contributed by atoms with E-state index >= 15 is 0 Å². The van der Waals surface area contributed by atoms with E-state index in [9.17, 15) is 9.59 Å². The van der Waals surface area contributed by atoms with Crippen LogP contribution in [0.3, 0.4) is 0 Å². The summed E-state index contributed by atoms with van der Waals surface area (Å²) in [7, 11) is 0. The van der Waals surface area contributed by atoms with Gasteiger partial charge < -0.3 is 9.84 Å². The van der Waals surface area contributed by atoms with Gasteiger partial charge in [0.1, 0.15) is 0 Å². The van der Waals surface area contributed by atoms with Crippen LogP contribution in [0.25, 0.3) is 0 Å². The Kier molecular flexibility index (Phi) is 5.95. The zero-order valence-electron chi connectivity index (χ0n) is 9.49. The molecule has 0 saturated heterocycles. The van der Waals surface area contributed by atoms with Crippen molar-refractivity contribution in [2.75, 3.05) is 6.61 Å². The van der Waals surface area contributed by atoms with Gasteiger partial charge in [0, 0.05) is 6.42 Å². The molecule has 0 aliphatic heterocycles. The van der Waals surface area contributed by atoms with Gasteiger partial charge in [0.15, 0.2) is 0 Å². The molecule has 0 aliphatic rings. The highest BCUT2D eigenvalue weighted by atomic mass is 35.5. The summed E-state index contributed by atoms with van der Waals surface area (Å²) in [6.07, 6.45) is 1.00. The van der Waals surface area contributed by atoms with Crippen LogP contribution >= 0.6 is 23.2 Å². The number of esters is 1. The third-order valence-electron chi connectivity index (χ3n) is 2.19. The molecule has 0 amide bonds. The van der Waals surface area contributed by atoms with Crippen LogP contribution in [0.2, 0.25) is 10.0 Å². The molecule has 4 nitrogen and oxygen atoms in total. The first kappa shape index (κ1) is 14.8. The minimum atomic E-state index is -0.865. The fourth-order valence-electron chi connectivity index (χ4n) is 1.31. The Morgan fingerprint density at radius 3 is 2.33 bits per heavy atom. The number of ether oxygens (including phenoxy) is 1. The maximum absolute atomic E-state index is 11.7. The van der Waals surface area contributed by atoms with E-state index in [2.05, 4.69) is 0 Å². The minimum absolute atomic E-state index is 0.0599. The fourth-order valence-corrected chi connectivity index (χ4v) is 1.86. The Hall–Kier alpha value is -1.26. The first-order valence-corrected chi connectivity index (χ1v) is 6.11. The normalized spacial score (nSPS) is 10.1. The van der Waals surface area contributed by atoms with Crippen LogP contribution in [-0.2, 0) is 9.53 Å². The number of aliphatic carboxylic acids is 1. The molecular formula is C12H12Cl2O4. The monoisotopic (exact) mass is 290 g/mol. The highest BCUT2D eigenvalue weighted by Gasteiger charge is 2.15. The van der Waals surface area contributed by atoms with E-state index in [-0.39, 0.29) is 28.6 Å². The molecule has 0 aliphatic carbocycles. The molecule has 0 bridgehead atoms. The van der Waals surface area contributed by atoms with Gasteiger partial charge in [-0.05, 0) is 25.0 Å². The van der Waals surface area contributed by atoms with E-state index in [0.717, 1.165) is 0 Å². The molecule has 0 radical (unpaired) electrons. The third-order valence-corrected chi connectivity index (χ3v) is 2.81. The highest BCUT2D eigenvalue weighted by molar-refractivity contribution is 6.39. The number of unbranched alkanes of at least 4 members (excludes halogenated alkanes) is 1. The van der Waals surface area contributed by atoms with Gasteiger partial charge in [-0.2, -0.15) is 0 Å². The number of benzene rings is 1. The summed E-state index contributed by atoms with van der Waals surface area (Å²) < 4.78 is 4.97. The number of carboxylic acid groups (broad SMARTS) is 1. The van der Waals surface area contributed by atoms with Crippen molar-refractivity contribution in [1.29, 1.82) is 0 Å². The van der Waals surface area contributed by atoms with Crippen LogP contribution in [0.1, 0.15) is 29.6 Å². The molecule has 0 heterocycles. The first-order valence-electron chi connectivity index (χ1n) is 5.35. The van der Waals surface area contributed by atoms with Crippen LogP contribution in [0.15, 0.2) is 18.2 Å². The maximum atomic E-state index is 11.7. The van der Waals surface area contributed by atoms with Crippen LogP contribution in [0.5, 0.6) is 0 Å². The lowest BCUT2D eigenvalue weighted by molar-refractivity contribution is -0.137. The standard InChI is InChI=1S/C12H12Cl2O4/c13-8-4-3-5-9(14)11(8)12(17)18-7-2-1-6-10(15)16/h3-5H,1-2,6-7H2,(H,15,16). The van der Waals surface area contributed by atoms with Crippen LogP contribution in [0.4, 0.5) is 0 Å². The van der Waals surface area contributed by atoms with E-state index in [4.69, 9.17) is 33.0 Å². The number of halogens is 2. The topological polar surface area (TPSA) is 63.6 Å². The van der Waals surface area contributed by atoms with Crippen molar-refractivity contribution in [2.45, 2.75) is 19.3 Å². The smallest absolute Gasteiger partial charge is 0.341 e. The molecule has 1 N–H and O–H groups in total. The molecular weight excluding hydrogens is 279 g/mol. The lowest BCUT2D eigenvalue weighted by Gasteiger charge is -2.07. The van der Waals surface area contributed by atoms with Crippen molar-refractivity contribution in [3.63, 3.8) is 0 Å². The molecule has 18 heavy (non-hydrogen) atoms. The second-order valence-electron chi connectivity index (χ2n) is 3.58. The predicted octanol–water partition coefficient (Wildman–Crippen LogP) is 3.41. The Morgan fingerprint density at radius 2 is 1.78 bits per heavy atom. The largest absolute Gasteiger partial charge is 0.481 e. The Bertz CT molecular complexity index is 425. The molecule has 98 valence electrons. The molecule has 0 spiro atoms. The van der Waals surface area contributed by atoms with E-state index in [0.29, 0.717) is 12.8 Å². The third kappa shape index (κ3) is 4.55. The molecule has 0 aromatic heterocycles. The molecule has 0 atom stereocenters. The first-order chi connectivity index (χ1) is 8.52. The average molecular weight is 291 g/mol. The minimum Gasteiger partial charge on any atom is -0.481 e. The summed E-state index contributed by atoms with van der Waals surface area (Å²) in [5, 5.41) is 8.90. The molecule has 0 saturated carbocycles. The molecule has 1 aromatic carbocycles. The lowest BCUT2D eigenvalue weighted by Crippen LogP contribution is -2.08. The van der Waals surface area contributed by atoms with Gasteiger partial charge in [-0.3, -0.25) is 4.79 Å². The molecule has 0 unspecified atom stereocenters. The zero-order chi connectivity index (χ0) is 13.5. The van der Waals surface area contributed by atoms with Gasteiger partial charge in [0.2, 0.25) is 0 Å².